The van der Waals surface area contributed by atoms with Gasteiger partial charge in [-0.1, -0.05) is 24.3 Å². The first-order valence-corrected chi connectivity index (χ1v) is 5.58. The minimum atomic E-state index is 0.119. The fourth-order valence-electron chi connectivity index (χ4n) is 1.73. The molecule has 0 aliphatic rings. The molecule has 0 amide bonds. The van der Waals surface area contributed by atoms with Gasteiger partial charge in [0, 0.05) is 18.0 Å². The average molecular weight is 225 g/mol. The van der Waals surface area contributed by atoms with Gasteiger partial charge in [0.15, 0.2) is 0 Å². The van der Waals surface area contributed by atoms with Crippen LogP contribution in [-0.4, -0.2) is 10.8 Å². The summed E-state index contributed by atoms with van der Waals surface area (Å²) in [6.45, 7) is 0. The summed E-state index contributed by atoms with van der Waals surface area (Å²) < 4.78 is 0. The van der Waals surface area contributed by atoms with E-state index in [0.29, 0.717) is 0 Å². The molecule has 1 heterocycles. The summed E-state index contributed by atoms with van der Waals surface area (Å²) in [4.78, 5) is 4.09. The summed E-state index contributed by atoms with van der Waals surface area (Å²) in [7, 11) is 0. The lowest BCUT2D eigenvalue weighted by Crippen LogP contribution is -2.11. The van der Waals surface area contributed by atoms with Crippen molar-refractivity contribution >= 4 is 5.84 Å². The number of aromatic nitrogens is 1. The predicted molar refractivity (Wildman–Crippen MR) is 69.1 cm³/mol. The zero-order valence-electron chi connectivity index (χ0n) is 9.56. The highest BCUT2D eigenvalue weighted by Gasteiger charge is 1.99. The van der Waals surface area contributed by atoms with Crippen molar-refractivity contribution in [1.82, 2.24) is 4.98 Å². The molecule has 1 aromatic heterocycles. The Balaban J connectivity index is 2.04. The van der Waals surface area contributed by atoms with E-state index in [9.17, 15) is 0 Å². The van der Waals surface area contributed by atoms with Crippen molar-refractivity contribution in [2.24, 2.45) is 5.73 Å². The fraction of sp³-hybridized carbons (Fsp3) is 0.143. The summed E-state index contributed by atoms with van der Waals surface area (Å²) in [5.41, 5.74) is 8.67. The zero-order chi connectivity index (χ0) is 12.1. The van der Waals surface area contributed by atoms with E-state index in [-0.39, 0.29) is 5.84 Å². The molecule has 0 saturated heterocycles. The van der Waals surface area contributed by atoms with Crippen LogP contribution < -0.4 is 5.73 Å². The second-order valence-corrected chi connectivity index (χ2v) is 3.98. The summed E-state index contributed by atoms with van der Waals surface area (Å²) in [6, 6.07) is 11.8. The molecular formula is C14H15N3. The van der Waals surface area contributed by atoms with Crippen molar-refractivity contribution in [3.05, 3.63) is 65.5 Å². The van der Waals surface area contributed by atoms with Gasteiger partial charge < -0.3 is 5.73 Å². The van der Waals surface area contributed by atoms with Gasteiger partial charge in [-0.2, -0.15) is 0 Å². The third kappa shape index (κ3) is 3.14. The van der Waals surface area contributed by atoms with Gasteiger partial charge >= 0.3 is 0 Å². The van der Waals surface area contributed by atoms with Crippen molar-refractivity contribution in [3.8, 4) is 0 Å². The van der Waals surface area contributed by atoms with Crippen molar-refractivity contribution < 1.29 is 0 Å². The molecule has 2 aromatic rings. The van der Waals surface area contributed by atoms with Crippen molar-refractivity contribution in [1.29, 1.82) is 5.41 Å². The Kier molecular flexibility index (Phi) is 3.50. The van der Waals surface area contributed by atoms with E-state index in [1.807, 2.05) is 30.5 Å². The normalized spacial score (nSPS) is 10.1. The van der Waals surface area contributed by atoms with E-state index in [1.165, 1.54) is 11.1 Å². The van der Waals surface area contributed by atoms with E-state index in [1.54, 1.807) is 6.20 Å². The van der Waals surface area contributed by atoms with Crippen LogP contribution in [0.5, 0.6) is 0 Å². The van der Waals surface area contributed by atoms with Crippen LogP contribution >= 0.6 is 0 Å². The maximum atomic E-state index is 7.40. The average Bonchev–Trinajstić information content (AvgIpc) is 2.38. The first kappa shape index (κ1) is 11.3. The number of hydrogen-bond donors (Lipinski definition) is 2. The first-order valence-electron chi connectivity index (χ1n) is 5.58. The van der Waals surface area contributed by atoms with Gasteiger partial charge in [0.05, 0.1) is 0 Å². The largest absolute Gasteiger partial charge is 0.384 e. The lowest BCUT2D eigenvalue weighted by atomic mass is 10.0. The predicted octanol–water partition coefficient (Wildman–Crippen LogP) is 2.15. The highest BCUT2D eigenvalue weighted by Crippen LogP contribution is 2.08. The Morgan fingerprint density at radius 3 is 2.59 bits per heavy atom. The third-order valence-corrected chi connectivity index (χ3v) is 2.66. The molecule has 17 heavy (non-hydrogen) atoms. The maximum absolute atomic E-state index is 7.40. The number of benzene rings is 1. The van der Waals surface area contributed by atoms with Gasteiger partial charge in [-0.25, -0.2) is 0 Å². The number of pyridine rings is 1. The molecule has 0 bridgehead atoms. The van der Waals surface area contributed by atoms with E-state index in [0.717, 1.165) is 18.4 Å². The minimum Gasteiger partial charge on any atom is -0.384 e. The lowest BCUT2D eigenvalue weighted by molar-refractivity contribution is 0.949. The number of nitrogens with one attached hydrogen (secondary N) is 1. The van der Waals surface area contributed by atoms with E-state index in [4.69, 9.17) is 11.1 Å². The van der Waals surface area contributed by atoms with Crippen LogP contribution in [0.2, 0.25) is 0 Å². The number of nitrogen functional groups attached to an aromatic ring is 1. The molecule has 0 radical (unpaired) electrons. The molecule has 2 rings (SSSR count). The molecule has 0 fully saturated rings. The van der Waals surface area contributed by atoms with Gasteiger partial charge in [-0.05, 0) is 36.1 Å². The quantitative estimate of drug-likeness (QED) is 0.618. The summed E-state index contributed by atoms with van der Waals surface area (Å²) in [6.07, 6.45) is 5.55. The summed E-state index contributed by atoms with van der Waals surface area (Å²) >= 11 is 0. The van der Waals surface area contributed by atoms with Crippen molar-refractivity contribution in [2.45, 2.75) is 12.8 Å². The number of nitrogens with two attached hydrogens (primary N) is 1. The second kappa shape index (κ2) is 5.25. The number of amidine groups is 1. The van der Waals surface area contributed by atoms with Crippen LogP contribution in [0, 0.1) is 5.41 Å². The Morgan fingerprint density at radius 2 is 1.88 bits per heavy atom. The molecule has 0 aliphatic carbocycles. The fourth-order valence-corrected chi connectivity index (χ4v) is 1.73. The SMILES string of the molecule is N=C(N)c1cccc(CCc2cccnc2)c1. The molecule has 1 aromatic carbocycles. The van der Waals surface area contributed by atoms with Gasteiger partial charge in [0.25, 0.3) is 0 Å². The second-order valence-electron chi connectivity index (χ2n) is 3.98. The van der Waals surface area contributed by atoms with Crippen LogP contribution in [0.1, 0.15) is 16.7 Å². The maximum Gasteiger partial charge on any atom is 0.122 e. The number of rotatable bonds is 4. The number of aryl methyl sites for hydroxylation is 2. The lowest BCUT2D eigenvalue weighted by Gasteiger charge is -2.04. The molecular weight excluding hydrogens is 210 g/mol. The molecule has 0 unspecified atom stereocenters. The molecule has 0 aliphatic heterocycles. The number of hydrogen-bond acceptors (Lipinski definition) is 2. The molecule has 3 heteroatoms. The van der Waals surface area contributed by atoms with Crippen molar-refractivity contribution in [2.75, 3.05) is 0 Å². The Hall–Kier alpha value is -2.16. The van der Waals surface area contributed by atoms with Crippen molar-refractivity contribution in [3.63, 3.8) is 0 Å². The Morgan fingerprint density at radius 1 is 1.12 bits per heavy atom. The van der Waals surface area contributed by atoms with Crippen LogP contribution in [0.3, 0.4) is 0 Å². The van der Waals surface area contributed by atoms with Crippen LogP contribution in [-0.2, 0) is 12.8 Å². The highest BCUT2D eigenvalue weighted by molar-refractivity contribution is 5.95. The molecule has 0 saturated carbocycles. The molecule has 0 atom stereocenters. The molecule has 86 valence electrons. The zero-order valence-corrected chi connectivity index (χ0v) is 9.56. The molecule has 3 nitrogen and oxygen atoms in total. The Labute approximate surface area is 101 Å². The summed E-state index contributed by atoms with van der Waals surface area (Å²) in [5, 5.41) is 7.40. The van der Waals surface area contributed by atoms with Crippen LogP contribution in [0.25, 0.3) is 0 Å². The first-order chi connectivity index (χ1) is 8.25. The van der Waals surface area contributed by atoms with Crippen LogP contribution in [0.15, 0.2) is 48.8 Å². The highest BCUT2D eigenvalue weighted by atomic mass is 14.7. The summed E-state index contributed by atoms with van der Waals surface area (Å²) in [5.74, 6) is 0.119. The van der Waals surface area contributed by atoms with Gasteiger partial charge in [-0.3, -0.25) is 10.4 Å². The minimum absolute atomic E-state index is 0.119. The Bertz CT molecular complexity index is 506. The topological polar surface area (TPSA) is 62.8 Å². The van der Waals surface area contributed by atoms with Gasteiger partial charge in [0.2, 0.25) is 0 Å². The smallest absolute Gasteiger partial charge is 0.122 e. The number of nitrogens with zero attached hydrogens (tertiary/aromatic N) is 1. The van der Waals surface area contributed by atoms with E-state index in [2.05, 4.69) is 17.1 Å². The van der Waals surface area contributed by atoms with E-state index >= 15 is 0 Å². The van der Waals surface area contributed by atoms with Gasteiger partial charge in [0.1, 0.15) is 5.84 Å². The third-order valence-electron chi connectivity index (χ3n) is 2.66. The molecule has 3 N–H and O–H groups in total. The standard InChI is InChI=1S/C14H15N3/c15-14(16)13-5-1-3-11(9-13)6-7-12-4-2-8-17-10-12/h1-5,8-10H,6-7H2,(H3,15,16). The van der Waals surface area contributed by atoms with Crippen LogP contribution in [0.4, 0.5) is 0 Å². The van der Waals surface area contributed by atoms with E-state index < -0.39 is 0 Å². The van der Waals surface area contributed by atoms with Gasteiger partial charge in [-0.15, -0.1) is 0 Å². The molecule has 0 spiro atoms. The monoisotopic (exact) mass is 225 g/mol.